The van der Waals surface area contributed by atoms with Gasteiger partial charge in [-0.3, -0.25) is 19.2 Å². The number of aromatic nitrogens is 8. The molecule has 2 aromatic heterocycles. The molecule has 7 rings (SSSR count). The van der Waals surface area contributed by atoms with Crippen molar-refractivity contribution in [2.75, 3.05) is 27.2 Å². The number of likely N-dealkylation sites (tertiary alicyclic amines) is 2. The first kappa shape index (κ1) is 52.1. The molecule has 4 N–H and O–H groups in total. The van der Waals surface area contributed by atoms with E-state index in [9.17, 15) is 19.2 Å². The summed E-state index contributed by atoms with van der Waals surface area (Å²) in [5, 5.41) is 37.9. The Bertz CT molecular complexity index is 2320. The third kappa shape index (κ3) is 13.8. The van der Waals surface area contributed by atoms with Crippen LogP contribution in [0.3, 0.4) is 0 Å². The largest absolute Gasteiger partial charge is 0.371 e. The average molecular weight is 997 g/mol. The molecule has 0 saturated carbocycles. The molecule has 0 bridgehead atoms. The van der Waals surface area contributed by atoms with Crippen molar-refractivity contribution in [3.8, 4) is 0 Å². The molecule has 2 fully saturated rings. The summed E-state index contributed by atoms with van der Waals surface area (Å²) in [7, 11) is 3.38. The highest BCUT2D eigenvalue weighted by Gasteiger charge is 2.40. The fourth-order valence-corrected chi connectivity index (χ4v) is 9.98. The minimum absolute atomic E-state index is 0.141. The standard InChI is InChI=1S/C48H64N14O6S2/c1-31(49-5)43(63)51-41(45(65)59-24-14-18-37(59)27-61-47(53-55-57-61)69-39-20-9-7-10-21-39)33(3)67-29-35-16-13-17-36(26-35)30-68-34(4)42(52-44(64)32(2)50-6)46(66)60-25-15-19-38(60)28-62-48(54-56-58-62)70-40-22-11-8-12-23-40/h7-13,16-17,20-23,26,31-34,37-38,41-42,49-50H,14-15,18-19,24-25,27-30H2,1-6H3,(H,51,63)(H,52,64)/t31-,32+,33+,34-,37-,38+,41-,42+. The van der Waals surface area contributed by atoms with E-state index in [1.165, 1.54) is 23.5 Å². The van der Waals surface area contributed by atoms with Crippen molar-refractivity contribution < 1.29 is 28.7 Å². The zero-order valence-corrected chi connectivity index (χ0v) is 42.1. The van der Waals surface area contributed by atoms with Gasteiger partial charge in [-0.2, -0.15) is 0 Å². The van der Waals surface area contributed by atoms with Gasteiger partial charge in [-0.1, -0.05) is 60.7 Å². The van der Waals surface area contributed by atoms with Gasteiger partial charge in [0.05, 0.1) is 62.7 Å². The van der Waals surface area contributed by atoms with Crippen LogP contribution in [0.1, 0.15) is 64.5 Å². The second kappa shape index (κ2) is 25.4. The molecular weight excluding hydrogens is 933 g/mol. The van der Waals surface area contributed by atoms with E-state index in [1.807, 2.05) is 94.7 Å². The van der Waals surface area contributed by atoms with E-state index in [-0.39, 0.29) is 48.9 Å². The number of nitrogens with zero attached hydrogens (tertiary/aromatic N) is 10. The summed E-state index contributed by atoms with van der Waals surface area (Å²) in [5.41, 5.74) is 1.64. The summed E-state index contributed by atoms with van der Waals surface area (Å²) in [6, 6.07) is 23.9. The van der Waals surface area contributed by atoms with E-state index in [0.29, 0.717) is 36.5 Å². The predicted octanol–water partition coefficient (Wildman–Crippen LogP) is 3.34. The molecule has 0 aliphatic carbocycles. The Morgan fingerprint density at radius 1 is 0.614 bits per heavy atom. The van der Waals surface area contributed by atoms with E-state index in [2.05, 4.69) is 52.3 Å². The van der Waals surface area contributed by atoms with Gasteiger partial charge in [0.25, 0.3) is 0 Å². The average Bonchev–Trinajstić information content (AvgIpc) is 4.23. The highest BCUT2D eigenvalue weighted by molar-refractivity contribution is 7.99. The highest BCUT2D eigenvalue weighted by Crippen LogP contribution is 2.29. The molecular formula is C48H64N14O6S2. The molecule has 22 heteroatoms. The third-order valence-corrected chi connectivity index (χ3v) is 14.7. The molecule has 20 nitrogen and oxygen atoms in total. The molecule has 3 aromatic carbocycles. The van der Waals surface area contributed by atoms with Crippen molar-refractivity contribution in [2.45, 2.75) is 148 Å². The van der Waals surface area contributed by atoms with Crippen molar-refractivity contribution >= 4 is 47.2 Å². The monoisotopic (exact) mass is 996 g/mol. The second-order valence-corrected chi connectivity index (χ2v) is 19.7. The van der Waals surface area contributed by atoms with Gasteiger partial charge < -0.3 is 40.5 Å². The molecule has 0 unspecified atom stereocenters. The number of tetrazole rings is 2. The molecule has 8 atom stereocenters. The minimum atomic E-state index is -0.975. The number of likely N-dealkylation sites (N-methyl/N-ethyl adjacent to an activating group) is 2. The van der Waals surface area contributed by atoms with Gasteiger partial charge in [-0.15, -0.1) is 10.2 Å². The van der Waals surface area contributed by atoms with E-state index in [1.54, 1.807) is 51.2 Å². The van der Waals surface area contributed by atoms with Gasteiger partial charge in [-0.05, 0) is 147 Å². The Morgan fingerprint density at radius 2 is 1.03 bits per heavy atom. The van der Waals surface area contributed by atoms with Gasteiger partial charge in [0, 0.05) is 22.9 Å². The lowest BCUT2D eigenvalue weighted by atomic mass is 10.1. The van der Waals surface area contributed by atoms with E-state index in [0.717, 1.165) is 46.6 Å². The number of carbonyl (C=O) groups excluding carboxylic acids is 4. The SMILES string of the molecule is CN[C@@H](C)C(=O)N[C@H](C(=O)N1CCC[C@H]1Cn1nnnc1Sc1ccccc1)[C@@H](C)OCc1cccc(CO[C@@H](C)[C@@H](NC(=O)[C@@H](C)NC)C(=O)N2CCC[C@@H]2Cn2nnnc2Sc2ccccc2)c1. The van der Waals surface area contributed by atoms with E-state index in [4.69, 9.17) is 9.47 Å². The van der Waals surface area contributed by atoms with Crippen molar-refractivity contribution in [3.63, 3.8) is 0 Å². The van der Waals surface area contributed by atoms with Crippen molar-refractivity contribution in [1.82, 2.24) is 71.5 Å². The van der Waals surface area contributed by atoms with Gasteiger partial charge in [0.2, 0.25) is 33.9 Å². The summed E-state index contributed by atoms with van der Waals surface area (Å²) in [6.07, 6.45) is 1.68. The van der Waals surface area contributed by atoms with Gasteiger partial charge in [-0.25, -0.2) is 9.36 Å². The van der Waals surface area contributed by atoms with Crippen LogP contribution in [0, 0.1) is 0 Å². The van der Waals surface area contributed by atoms with Crippen molar-refractivity contribution in [3.05, 3.63) is 96.1 Å². The van der Waals surface area contributed by atoms with Gasteiger partial charge >= 0.3 is 0 Å². The Hall–Kier alpha value is -5.78. The quantitative estimate of drug-likeness (QED) is 0.0695. The number of nitrogens with one attached hydrogen (secondary N) is 4. The van der Waals surface area contributed by atoms with Crippen LogP contribution in [0.5, 0.6) is 0 Å². The summed E-state index contributed by atoms with van der Waals surface area (Å²) >= 11 is 2.91. The molecule has 0 spiro atoms. The van der Waals surface area contributed by atoms with Crippen LogP contribution in [0.2, 0.25) is 0 Å². The molecule has 2 aliphatic heterocycles. The Balaban J connectivity index is 0.988. The van der Waals surface area contributed by atoms with Crippen LogP contribution in [0.4, 0.5) is 0 Å². The zero-order chi connectivity index (χ0) is 49.6. The maximum absolute atomic E-state index is 14.5. The molecule has 4 heterocycles. The minimum Gasteiger partial charge on any atom is -0.371 e. The van der Waals surface area contributed by atoms with Crippen LogP contribution in [0.25, 0.3) is 0 Å². The second-order valence-electron chi connectivity index (χ2n) is 17.6. The number of hydrogen-bond donors (Lipinski definition) is 4. The topological polar surface area (TPSA) is 229 Å². The fraction of sp³-hybridized carbons (Fsp3) is 0.500. The smallest absolute Gasteiger partial charge is 0.248 e. The molecule has 0 radical (unpaired) electrons. The third-order valence-electron chi connectivity index (χ3n) is 12.7. The molecule has 374 valence electrons. The lowest BCUT2D eigenvalue weighted by molar-refractivity contribution is -0.142. The maximum Gasteiger partial charge on any atom is 0.248 e. The summed E-state index contributed by atoms with van der Waals surface area (Å²) < 4.78 is 16.2. The van der Waals surface area contributed by atoms with Crippen LogP contribution in [0.15, 0.2) is 105 Å². The first-order valence-corrected chi connectivity index (χ1v) is 25.4. The molecule has 5 aromatic rings. The normalized spacial score (nSPS) is 18.5. The summed E-state index contributed by atoms with van der Waals surface area (Å²) in [6.45, 7) is 9.17. The number of carbonyl (C=O) groups is 4. The summed E-state index contributed by atoms with van der Waals surface area (Å²) in [4.78, 5) is 61.3. The lowest BCUT2D eigenvalue weighted by Crippen LogP contribution is -2.58. The maximum atomic E-state index is 14.5. The molecule has 4 amide bonds. The van der Waals surface area contributed by atoms with Gasteiger partial charge in [0.15, 0.2) is 0 Å². The number of benzene rings is 3. The first-order valence-electron chi connectivity index (χ1n) is 23.8. The van der Waals surface area contributed by atoms with Crippen LogP contribution >= 0.6 is 23.5 Å². The Morgan fingerprint density at radius 3 is 1.43 bits per heavy atom. The van der Waals surface area contributed by atoms with Gasteiger partial charge in [0.1, 0.15) is 12.1 Å². The fourth-order valence-electron chi connectivity index (χ4n) is 8.38. The molecule has 2 aliphatic rings. The van der Waals surface area contributed by atoms with E-state index < -0.39 is 36.4 Å². The number of amides is 4. The summed E-state index contributed by atoms with van der Waals surface area (Å²) in [5.74, 6) is -1.13. The number of rotatable bonds is 24. The first-order chi connectivity index (χ1) is 33.9. The Labute approximate surface area is 417 Å². The van der Waals surface area contributed by atoms with Crippen LogP contribution in [-0.2, 0) is 55.0 Å². The van der Waals surface area contributed by atoms with Crippen molar-refractivity contribution in [1.29, 1.82) is 0 Å². The Kier molecular flexibility index (Phi) is 18.9. The zero-order valence-electron chi connectivity index (χ0n) is 40.5. The van der Waals surface area contributed by atoms with Crippen LogP contribution in [-0.4, -0.2) is 149 Å². The van der Waals surface area contributed by atoms with Crippen molar-refractivity contribution in [2.24, 2.45) is 0 Å². The van der Waals surface area contributed by atoms with E-state index >= 15 is 0 Å². The predicted molar refractivity (Wildman–Crippen MR) is 262 cm³/mol. The number of hydrogen-bond acceptors (Lipinski definition) is 16. The number of ether oxygens (including phenoxy) is 2. The van der Waals surface area contributed by atoms with Crippen LogP contribution < -0.4 is 21.3 Å². The lowest BCUT2D eigenvalue weighted by Gasteiger charge is -2.33. The molecule has 2 saturated heterocycles. The highest BCUT2D eigenvalue weighted by atomic mass is 32.2. The molecule has 70 heavy (non-hydrogen) atoms.